The molecule has 0 aliphatic carbocycles. The van der Waals surface area contributed by atoms with E-state index in [9.17, 15) is 0 Å². The van der Waals surface area contributed by atoms with Gasteiger partial charge in [0, 0.05) is 28.6 Å². The zero-order valence-electron chi connectivity index (χ0n) is 15.0. The maximum Gasteiger partial charge on any atom is 0.138 e. The Morgan fingerprint density at radius 1 is 1.05 bits per heavy atom. The predicted octanol–water partition coefficient (Wildman–Crippen LogP) is 4.52. The van der Waals surface area contributed by atoms with Gasteiger partial charge in [0.25, 0.3) is 0 Å². The van der Waals surface area contributed by atoms with Gasteiger partial charge >= 0.3 is 0 Å². The Morgan fingerprint density at radius 2 is 1.68 bits per heavy atom. The molecular weight excluding hydrogens is 276 g/mol. The molecule has 0 radical (unpaired) electrons. The van der Waals surface area contributed by atoms with Gasteiger partial charge in [0.1, 0.15) is 17.3 Å². The molecule has 4 nitrogen and oxygen atoms in total. The molecule has 0 fully saturated rings. The monoisotopic (exact) mass is 304 g/mol. The van der Waals surface area contributed by atoms with Gasteiger partial charge in [-0.3, -0.25) is 0 Å². The minimum absolute atomic E-state index is 0.0280. The van der Waals surface area contributed by atoms with Crippen LogP contribution in [0, 0.1) is 20.8 Å². The molecular formula is C18H28N2O2. The highest BCUT2D eigenvalue weighted by Gasteiger charge is 2.28. The van der Waals surface area contributed by atoms with Gasteiger partial charge in [0.05, 0.1) is 5.69 Å². The molecule has 2 rings (SSSR count). The normalized spacial score (nSPS) is 12.9. The summed E-state index contributed by atoms with van der Waals surface area (Å²) in [7, 11) is 0. The van der Waals surface area contributed by atoms with Crippen molar-refractivity contribution >= 4 is 0 Å². The molecule has 0 aliphatic heterocycles. The van der Waals surface area contributed by atoms with Crippen molar-refractivity contribution in [3.05, 3.63) is 40.2 Å². The highest BCUT2D eigenvalue weighted by atomic mass is 16.5. The zero-order valence-corrected chi connectivity index (χ0v) is 15.0. The van der Waals surface area contributed by atoms with Crippen molar-refractivity contribution in [3.63, 3.8) is 0 Å². The lowest BCUT2D eigenvalue weighted by atomic mass is 9.91. The summed E-state index contributed by atoms with van der Waals surface area (Å²) < 4.78 is 11.2. The minimum Gasteiger partial charge on any atom is -0.465 e. The van der Waals surface area contributed by atoms with E-state index in [0.717, 1.165) is 35.1 Å². The number of nitrogens with zero attached hydrogens (tertiary/aromatic N) is 1. The quantitative estimate of drug-likeness (QED) is 0.902. The van der Waals surface area contributed by atoms with E-state index in [1.165, 1.54) is 5.56 Å². The molecule has 0 spiro atoms. The van der Waals surface area contributed by atoms with Crippen molar-refractivity contribution in [1.29, 1.82) is 0 Å². The van der Waals surface area contributed by atoms with Gasteiger partial charge in [-0.15, -0.1) is 0 Å². The van der Waals surface area contributed by atoms with Gasteiger partial charge in [-0.25, -0.2) is 0 Å². The average molecular weight is 304 g/mol. The SMILES string of the molecule is Cc1noc(C)c1C(C)(C)NCc1cc(C(C)(C)C)oc1C. The number of aryl methyl sites for hydroxylation is 3. The lowest BCUT2D eigenvalue weighted by Gasteiger charge is -2.26. The summed E-state index contributed by atoms with van der Waals surface area (Å²) in [6.45, 7) is 17.5. The standard InChI is InChI=1S/C18H28N2O2/c1-11-16(13(3)22-20-11)18(7,8)19-10-14-9-15(17(4,5)6)21-12(14)2/h9,19H,10H2,1-8H3. The van der Waals surface area contributed by atoms with Gasteiger partial charge in [-0.05, 0) is 40.7 Å². The first-order valence-electron chi connectivity index (χ1n) is 7.80. The zero-order chi connectivity index (χ0) is 16.7. The van der Waals surface area contributed by atoms with Gasteiger partial charge < -0.3 is 14.3 Å². The molecule has 0 saturated carbocycles. The largest absolute Gasteiger partial charge is 0.465 e. The molecule has 2 heterocycles. The Morgan fingerprint density at radius 3 is 2.14 bits per heavy atom. The molecule has 0 unspecified atom stereocenters. The van der Waals surface area contributed by atoms with Crippen molar-refractivity contribution in [2.75, 3.05) is 0 Å². The summed E-state index contributed by atoms with van der Waals surface area (Å²) in [6.07, 6.45) is 0. The van der Waals surface area contributed by atoms with Gasteiger partial charge in [-0.2, -0.15) is 0 Å². The van der Waals surface area contributed by atoms with E-state index in [2.05, 4.69) is 51.2 Å². The number of hydrogen-bond donors (Lipinski definition) is 1. The second kappa shape index (κ2) is 5.58. The van der Waals surface area contributed by atoms with Crippen molar-refractivity contribution in [2.45, 2.75) is 72.9 Å². The van der Waals surface area contributed by atoms with Crippen LogP contribution in [0.15, 0.2) is 15.0 Å². The van der Waals surface area contributed by atoms with Crippen LogP contribution in [0.3, 0.4) is 0 Å². The molecule has 0 aliphatic rings. The Bertz CT molecular complexity index is 638. The summed E-state index contributed by atoms with van der Waals surface area (Å²) in [5.41, 5.74) is 3.09. The Labute approximate surface area is 133 Å². The van der Waals surface area contributed by atoms with Crippen LogP contribution in [0.5, 0.6) is 0 Å². The van der Waals surface area contributed by atoms with Crippen molar-refractivity contribution in [3.8, 4) is 0 Å². The molecule has 2 aromatic rings. The second-order valence-electron chi connectivity index (χ2n) is 7.62. The van der Waals surface area contributed by atoms with Crippen LogP contribution in [0.1, 0.15) is 68.7 Å². The number of hydrogen-bond acceptors (Lipinski definition) is 4. The first kappa shape index (κ1) is 16.8. The molecule has 0 saturated heterocycles. The van der Waals surface area contributed by atoms with E-state index in [4.69, 9.17) is 8.94 Å². The van der Waals surface area contributed by atoms with Gasteiger partial charge in [0.15, 0.2) is 0 Å². The minimum atomic E-state index is -0.209. The Kier molecular flexibility index (Phi) is 4.26. The highest BCUT2D eigenvalue weighted by Crippen LogP contribution is 2.29. The van der Waals surface area contributed by atoms with E-state index in [0.29, 0.717) is 0 Å². The number of aromatic nitrogens is 1. The first-order chi connectivity index (χ1) is 10.0. The third kappa shape index (κ3) is 3.27. The fourth-order valence-corrected chi connectivity index (χ4v) is 2.84. The lowest BCUT2D eigenvalue weighted by Crippen LogP contribution is -2.36. The molecule has 0 amide bonds. The highest BCUT2D eigenvalue weighted by molar-refractivity contribution is 5.30. The Balaban J connectivity index is 2.18. The third-order valence-electron chi connectivity index (χ3n) is 4.14. The fourth-order valence-electron chi connectivity index (χ4n) is 2.84. The van der Waals surface area contributed by atoms with Crippen LogP contribution in [0.4, 0.5) is 0 Å². The number of rotatable bonds is 4. The average Bonchev–Trinajstić information content (AvgIpc) is 2.90. The number of nitrogens with one attached hydrogen (secondary N) is 1. The molecule has 0 aromatic carbocycles. The van der Waals surface area contributed by atoms with E-state index in [-0.39, 0.29) is 11.0 Å². The topological polar surface area (TPSA) is 51.2 Å². The van der Waals surface area contributed by atoms with Crippen molar-refractivity contribution in [2.24, 2.45) is 0 Å². The molecule has 0 atom stereocenters. The molecule has 1 N–H and O–H groups in total. The van der Waals surface area contributed by atoms with Gasteiger partial charge in [-0.1, -0.05) is 25.9 Å². The maximum absolute atomic E-state index is 5.91. The number of furan rings is 1. The fraction of sp³-hybridized carbons (Fsp3) is 0.611. The van der Waals surface area contributed by atoms with Crippen LogP contribution in [0.25, 0.3) is 0 Å². The summed E-state index contributed by atoms with van der Waals surface area (Å²) in [4.78, 5) is 0. The summed E-state index contributed by atoms with van der Waals surface area (Å²) in [6, 6.07) is 2.16. The third-order valence-corrected chi connectivity index (χ3v) is 4.14. The second-order valence-corrected chi connectivity index (χ2v) is 7.62. The van der Waals surface area contributed by atoms with Crippen LogP contribution in [-0.4, -0.2) is 5.16 Å². The molecule has 2 aromatic heterocycles. The van der Waals surface area contributed by atoms with E-state index >= 15 is 0 Å². The first-order valence-corrected chi connectivity index (χ1v) is 7.80. The molecule has 22 heavy (non-hydrogen) atoms. The van der Waals surface area contributed by atoms with Gasteiger partial charge in [0.2, 0.25) is 0 Å². The summed E-state index contributed by atoms with van der Waals surface area (Å²) in [5, 5.41) is 7.66. The van der Waals surface area contributed by atoms with Crippen LogP contribution < -0.4 is 5.32 Å². The lowest BCUT2D eigenvalue weighted by molar-refractivity contribution is 0.369. The van der Waals surface area contributed by atoms with Crippen molar-refractivity contribution in [1.82, 2.24) is 10.5 Å². The summed E-state index contributed by atoms with van der Waals surface area (Å²) in [5.74, 6) is 2.87. The maximum atomic E-state index is 5.91. The molecule has 0 bridgehead atoms. The smallest absolute Gasteiger partial charge is 0.138 e. The van der Waals surface area contributed by atoms with E-state index < -0.39 is 0 Å². The predicted molar refractivity (Wildman–Crippen MR) is 88.0 cm³/mol. The molecule has 122 valence electrons. The van der Waals surface area contributed by atoms with Crippen LogP contribution in [-0.2, 0) is 17.5 Å². The molecule has 4 heteroatoms. The van der Waals surface area contributed by atoms with Crippen LogP contribution >= 0.6 is 0 Å². The van der Waals surface area contributed by atoms with E-state index in [1.807, 2.05) is 20.8 Å². The van der Waals surface area contributed by atoms with Crippen molar-refractivity contribution < 1.29 is 8.94 Å². The van der Waals surface area contributed by atoms with E-state index in [1.54, 1.807) is 0 Å². The Hall–Kier alpha value is -1.55. The van der Waals surface area contributed by atoms with Crippen LogP contribution in [0.2, 0.25) is 0 Å². The summed E-state index contributed by atoms with van der Waals surface area (Å²) >= 11 is 0.